The minimum atomic E-state index is 0.444. The molecule has 1 aliphatic rings. The summed E-state index contributed by atoms with van der Waals surface area (Å²) in [5.74, 6) is 0.659. The minimum absolute atomic E-state index is 0.444. The molecule has 4 N–H and O–H groups in total. The molecule has 2 aromatic rings. The fourth-order valence-corrected chi connectivity index (χ4v) is 2.85. The lowest BCUT2D eigenvalue weighted by Crippen LogP contribution is -2.34. The number of rotatable bonds is 2. The summed E-state index contributed by atoms with van der Waals surface area (Å²) in [6.07, 6.45) is 4.36. The fraction of sp³-hybridized carbons (Fsp3) is 0.429. The third-order valence-electron chi connectivity index (χ3n) is 3.84. The van der Waals surface area contributed by atoms with E-state index in [9.17, 15) is 0 Å². The van der Waals surface area contributed by atoms with Crippen molar-refractivity contribution in [2.75, 3.05) is 13.1 Å². The Bertz CT molecular complexity index is 503. The van der Waals surface area contributed by atoms with Gasteiger partial charge in [-0.25, -0.2) is 0 Å². The highest BCUT2D eigenvalue weighted by molar-refractivity contribution is 5.82. The van der Waals surface area contributed by atoms with Gasteiger partial charge in [-0.2, -0.15) is 0 Å². The van der Waals surface area contributed by atoms with E-state index in [0.717, 1.165) is 19.5 Å². The van der Waals surface area contributed by atoms with Crippen molar-refractivity contribution in [1.29, 1.82) is 0 Å². The first-order valence-electron chi connectivity index (χ1n) is 6.38. The number of H-pyrrole nitrogens is 1. The molecule has 90 valence electrons. The van der Waals surface area contributed by atoms with Gasteiger partial charge in [0.05, 0.1) is 5.52 Å². The molecule has 0 radical (unpaired) electrons. The van der Waals surface area contributed by atoms with Gasteiger partial charge in [0.25, 0.3) is 0 Å². The van der Waals surface area contributed by atoms with Crippen LogP contribution in [0.1, 0.15) is 24.4 Å². The molecule has 17 heavy (non-hydrogen) atoms. The van der Waals surface area contributed by atoms with Gasteiger partial charge >= 0.3 is 0 Å². The second-order valence-electron chi connectivity index (χ2n) is 4.92. The highest BCUT2D eigenvalue weighted by Gasteiger charge is 2.23. The first kappa shape index (κ1) is 10.8. The predicted molar refractivity (Wildman–Crippen MR) is 70.8 cm³/mol. The van der Waals surface area contributed by atoms with E-state index in [-0.39, 0.29) is 0 Å². The number of nitrogens with one attached hydrogen (secondary N) is 2. The number of para-hydroxylation sites is 1. The van der Waals surface area contributed by atoms with E-state index in [0.29, 0.717) is 12.0 Å². The topological polar surface area (TPSA) is 53.8 Å². The molecule has 0 amide bonds. The predicted octanol–water partition coefficient (Wildman–Crippen LogP) is 2.17. The van der Waals surface area contributed by atoms with Crippen molar-refractivity contribution in [3.63, 3.8) is 0 Å². The number of benzene rings is 1. The molecule has 0 spiro atoms. The summed E-state index contributed by atoms with van der Waals surface area (Å²) >= 11 is 0. The lowest BCUT2D eigenvalue weighted by molar-refractivity contribution is 0.313. The van der Waals surface area contributed by atoms with Crippen LogP contribution in [0.25, 0.3) is 10.9 Å². The highest BCUT2D eigenvalue weighted by atomic mass is 14.9. The number of hydrogen-bond donors (Lipinski definition) is 3. The van der Waals surface area contributed by atoms with Crippen molar-refractivity contribution < 1.29 is 0 Å². The van der Waals surface area contributed by atoms with Crippen LogP contribution < -0.4 is 11.1 Å². The molecule has 3 heteroatoms. The van der Waals surface area contributed by atoms with E-state index in [1.165, 1.54) is 22.9 Å². The van der Waals surface area contributed by atoms with Crippen molar-refractivity contribution in [3.05, 3.63) is 36.0 Å². The maximum absolute atomic E-state index is 5.80. The lowest BCUT2D eigenvalue weighted by Gasteiger charge is -2.30. The number of piperidine rings is 1. The Morgan fingerprint density at radius 2 is 2.24 bits per heavy atom. The monoisotopic (exact) mass is 229 g/mol. The molecular weight excluding hydrogens is 210 g/mol. The molecule has 2 unspecified atom stereocenters. The lowest BCUT2D eigenvalue weighted by atomic mass is 9.88. The van der Waals surface area contributed by atoms with Crippen LogP contribution in [0, 0.1) is 5.92 Å². The molecule has 0 bridgehead atoms. The Balaban J connectivity index is 1.94. The van der Waals surface area contributed by atoms with E-state index in [4.69, 9.17) is 5.73 Å². The molecule has 0 saturated carbocycles. The molecule has 1 saturated heterocycles. The van der Waals surface area contributed by atoms with Gasteiger partial charge in [0.1, 0.15) is 0 Å². The quantitative estimate of drug-likeness (QED) is 0.739. The van der Waals surface area contributed by atoms with Gasteiger partial charge in [-0.1, -0.05) is 18.2 Å². The summed E-state index contributed by atoms with van der Waals surface area (Å²) in [5.41, 5.74) is 8.45. The van der Waals surface area contributed by atoms with E-state index < -0.39 is 0 Å². The molecule has 3 rings (SSSR count). The van der Waals surface area contributed by atoms with Gasteiger partial charge < -0.3 is 16.0 Å². The Hall–Kier alpha value is -1.32. The summed E-state index contributed by atoms with van der Waals surface area (Å²) in [5, 5.41) is 4.90. The second-order valence-corrected chi connectivity index (χ2v) is 4.92. The van der Waals surface area contributed by atoms with E-state index >= 15 is 0 Å². The molecular formula is C14H19N3. The molecule has 2 atom stereocenters. The van der Waals surface area contributed by atoms with Gasteiger partial charge in [0.2, 0.25) is 0 Å². The SMILES string of the molecule is NCC1CCNC(c2cccc3cc[nH]c23)C1. The van der Waals surface area contributed by atoms with Gasteiger partial charge in [-0.05, 0) is 48.9 Å². The van der Waals surface area contributed by atoms with E-state index in [2.05, 4.69) is 34.6 Å². The number of fused-ring (bicyclic) bond motifs is 1. The molecule has 1 aliphatic heterocycles. The normalized spacial score (nSPS) is 25.2. The van der Waals surface area contributed by atoms with Crippen molar-refractivity contribution in [3.8, 4) is 0 Å². The summed E-state index contributed by atoms with van der Waals surface area (Å²) in [4.78, 5) is 3.35. The fourth-order valence-electron chi connectivity index (χ4n) is 2.85. The van der Waals surface area contributed by atoms with Gasteiger partial charge in [-0.15, -0.1) is 0 Å². The first-order chi connectivity index (χ1) is 8.38. The number of nitrogens with two attached hydrogens (primary N) is 1. The van der Waals surface area contributed by atoms with Gasteiger partial charge in [0, 0.05) is 12.2 Å². The molecule has 0 aliphatic carbocycles. The Kier molecular flexibility index (Phi) is 2.87. The molecule has 1 fully saturated rings. The molecule has 2 heterocycles. The highest BCUT2D eigenvalue weighted by Crippen LogP contribution is 2.30. The smallest absolute Gasteiger partial charge is 0.0502 e. The van der Waals surface area contributed by atoms with Crippen LogP contribution in [-0.4, -0.2) is 18.1 Å². The van der Waals surface area contributed by atoms with Crippen molar-refractivity contribution in [2.45, 2.75) is 18.9 Å². The second kappa shape index (κ2) is 4.51. The van der Waals surface area contributed by atoms with Crippen LogP contribution in [0.2, 0.25) is 0 Å². The number of aromatic amines is 1. The number of aromatic nitrogens is 1. The Labute approximate surface area is 101 Å². The maximum Gasteiger partial charge on any atom is 0.0502 e. The number of hydrogen-bond acceptors (Lipinski definition) is 2. The molecule has 1 aromatic carbocycles. The zero-order valence-electron chi connectivity index (χ0n) is 9.95. The zero-order valence-corrected chi connectivity index (χ0v) is 9.95. The largest absolute Gasteiger partial charge is 0.361 e. The van der Waals surface area contributed by atoms with Crippen LogP contribution in [0.15, 0.2) is 30.5 Å². The van der Waals surface area contributed by atoms with Crippen molar-refractivity contribution in [2.24, 2.45) is 11.7 Å². The summed E-state index contributed by atoms with van der Waals surface area (Å²) < 4.78 is 0. The molecule has 3 nitrogen and oxygen atoms in total. The first-order valence-corrected chi connectivity index (χ1v) is 6.38. The van der Waals surface area contributed by atoms with Crippen LogP contribution in [0.4, 0.5) is 0 Å². The zero-order chi connectivity index (χ0) is 11.7. The van der Waals surface area contributed by atoms with E-state index in [1.54, 1.807) is 0 Å². The Morgan fingerprint density at radius 1 is 1.29 bits per heavy atom. The van der Waals surface area contributed by atoms with E-state index in [1.807, 2.05) is 6.20 Å². The summed E-state index contributed by atoms with van der Waals surface area (Å²) in [7, 11) is 0. The third kappa shape index (κ3) is 1.96. The van der Waals surface area contributed by atoms with Crippen LogP contribution >= 0.6 is 0 Å². The third-order valence-corrected chi connectivity index (χ3v) is 3.84. The standard InChI is InChI=1S/C14H19N3/c15-9-10-4-6-16-13(8-10)12-3-1-2-11-5-7-17-14(11)12/h1-3,5,7,10,13,16-17H,4,6,8-9,15H2. The van der Waals surface area contributed by atoms with Crippen molar-refractivity contribution >= 4 is 10.9 Å². The maximum atomic E-state index is 5.80. The van der Waals surface area contributed by atoms with Gasteiger partial charge in [-0.3, -0.25) is 0 Å². The van der Waals surface area contributed by atoms with Crippen LogP contribution in [0.5, 0.6) is 0 Å². The average Bonchev–Trinajstić information content (AvgIpc) is 2.87. The average molecular weight is 229 g/mol. The van der Waals surface area contributed by atoms with Gasteiger partial charge in [0.15, 0.2) is 0 Å². The van der Waals surface area contributed by atoms with Crippen LogP contribution in [0.3, 0.4) is 0 Å². The Morgan fingerprint density at radius 3 is 3.12 bits per heavy atom. The summed E-state index contributed by atoms with van der Waals surface area (Å²) in [6.45, 7) is 1.88. The van der Waals surface area contributed by atoms with Crippen LogP contribution in [-0.2, 0) is 0 Å². The minimum Gasteiger partial charge on any atom is -0.361 e. The molecule has 1 aromatic heterocycles. The summed E-state index contributed by atoms with van der Waals surface area (Å²) in [6, 6.07) is 9.08. The van der Waals surface area contributed by atoms with Crippen molar-refractivity contribution in [1.82, 2.24) is 10.3 Å².